The Hall–Kier alpha value is -1.38. The molecule has 0 saturated carbocycles. The van der Waals surface area contributed by atoms with E-state index in [1.54, 1.807) is 12.1 Å². The Balaban J connectivity index is 2.02. The predicted octanol–water partition coefficient (Wildman–Crippen LogP) is 3.84. The molecule has 0 spiro atoms. The molecule has 1 aromatic heterocycles. The number of halogens is 1. The smallest absolute Gasteiger partial charge is 0.262 e. The van der Waals surface area contributed by atoms with Crippen molar-refractivity contribution in [2.24, 2.45) is 11.7 Å². The topological polar surface area (TPSA) is 89.3 Å². The number of amides is 1. The second-order valence-corrected chi connectivity index (χ2v) is 10.1. The molecule has 1 aliphatic carbocycles. The molecule has 1 aromatic carbocycles. The fourth-order valence-corrected chi connectivity index (χ4v) is 6.10. The first-order valence-electron chi connectivity index (χ1n) is 7.92. The van der Waals surface area contributed by atoms with Crippen LogP contribution in [-0.2, 0) is 22.9 Å². The molecule has 1 aliphatic rings. The number of hydrogen-bond donors (Lipinski definition) is 2. The van der Waals surface area contributed by atoms with E-state index in [9.17, 15) is 13.2 Å². The van der Waals surface area contributed by atoms with Crippen LogP contribution >= 0.6 is 27.3 Å². The summed E-state index contributed by atoms with van der Waals surface area (Å²) in [6, 6.07) is 4.81. The lowest BCUT2D eigenvalue weighted by molar-refractivity contribution is 0.100. The third-order valence-corrected chi connectivity index (χ3v) is 7.96. The minimum Gasteiger partial charge on any atom is -0.365 e. The molecule has 3 N–H and O–H groups in total. The molecule has 3 rings (SSSR count). The van der Waals surface area contributed by atoms with E-state index < -0.39 is 15.9 Å². The third-order valence-electron chi connectivity index (χ3n) is 4.42. The number of carbonyl (C=O) groups is 1. The quantitative estimate of drug-likeness (QED) is 0.753. The number of sulfonamides is 1. The highest BCUT2D eigenvalue weighted by atomic mass is 79.9. The number of benzene rings is 1. The summed E-state index contributed by atoms with van der Waals surface area (Å²) >= 11 is 4.69. The van der Waals surface area contributed by atoms with Crippen molar-refractivity contribution in [2.45, 2.75) is 38.0 Å². The SMILES string of the molecule is Cc1cc(S(=O)(=O)Nc2sc3c(c2C(N)=O)CC[C@H](C)C3)ccc1Br. The molecule has 0 fully saturated rings. The fraction of sp³-hybridized carbons (Fsp3) is 0.353. The van der Waals surface area contributed by atoms with Crippen molar-refractivity contribution < 1.29 is 13.2 Å². The first-order chi connectivity index (χ1) is 11.7. The zero-order valence-electron chi connectivity index (χ0n) is 13.9. The molecule has 0 bridgehead atoms. The normalized spacial score (nSPS) is 17.2. The summed E-state index contributed by atoms with van der Waals surface area (Å²) in [5.41, 5.74) is 7.59. The van der Waals surface area contributed by atoms with Gasteiger partial charge in [0.25, 0.3) is 15.9 Å². The molecular weight excluding hydrogens is 424 g/mol. The Morgan fingerprint density at radius 2 is 2.12 bits per heavy atom. The van der Waals surface area contributed by atoms with Crippen molar-refractivity contribution in [1.82, 2.24) is 0 Å². The molecule has 2 aromatic rings. The van der Waals surface area contributed by atoms with Crippen molar-refractivity contribution in [3.05, 3.63) is 44.2 Å². The van der Waals surface area contributed by atoms with Crippen LogP contribution in [0.15, 0.2) is 27.6 Å². The maximum Gasteiger partial charge on any atom is 0.262 e. The van der Waals surface area contributed by atoms with Crippen LogP contribution < -0.4 is 10.5 Å². The van der Waals surface area contributed by atoms with Gasteiger partial charge in [0, 0.05) is 9.35 Å². The van der Waals surface area contributed by atoms with Gasteiger partial charge in [-0.2, -0.15) is 0 Å². The van der Waals surface area contributed by atoms with Gasteiger partial charge in [-0.3, -0.25) is 9.52 Å². The fourth-order valence-electron chi connectivity index (χ4n) is 3.05. The van der Waals surface area contributed by atoms with Crippen molar-refractivity contribution in [2.75, 3.05) is 4.72 Å². The maximum absolute atomic E-state index is 12.7. The average molecular weight is 443 g/mol. The molecular formula is C17H19BrN2O3S2. The van der Waals surface area contributed by atoms with E-state index in [1.807, 2.05) is 6.92 Å². The zero-order valence-corrected chi connectivity index (χ0v) is 17.1. The Morgan fingerprint density at radius 3 is 2.76 bits per heavy atom. The monoisotopic (exact) mass is 442 g/mol. The van der Waals surface area contributed by atoms with E-state index in [4.69, 9.17) is 5.73 Å². The number of rotatable bonds is 4. The molecule has 0 aliphatic heterocycles. The minimum absolute atomic E-state index is 0.156. The van der Waals surface area contributed by atoms with Crippen molar-refractivity contribution in [3.8, 4) is 0 Å². The van der Waals surface area contributed by atoms with Crippen LogP contribution in [0.1, 0.15) is 39.7 Å². The number of fused-ring (bicyclic) bond motifs is 1. The molecule has 1 atom stereocenters. The first kappa shape index (κ1) is 18.4. The Kier molecular flexibility index (Phi) is 4.96. The second-order valence-electron chi connectivity index (χ2n) is 6.44. The Morgan fingerprint density at radius 1 is 1.40 bits per heavy atom. The lowest BCUT2D eigenvalue weighted by Crippen LogP contribution is -2.19. The summed E-state index contributed by atoms with van der Waals surface area (Å²) < 4.78 is 28.9. The number of nitrogens with one attached hydrogen (secondary N) is 1. The highest BCUT2D eigenvalue weighted by molar-refractivity contribution is 9.10. The number of primary amides is 1. The zero-order chi connectivity index (χ0) is 18.4. The predicted molar refractivity (Wildman–Crippen MR) is 104 cm³/mol. The molecule has 1 heterocycles. The summed E-state index contributed by atoms with van der Waals surface area (Å²) in [7, 11) is -3.79. The summed E-state index contributed by atoms with van der Waals surface area (Å²) in [6.07, 6.45) is 2.58. The number of carbonyl (C=O) groups excluding carboxylic acids is 1. The summed E-state index contributed by atoms with van der Waals surface area (Å²) in [5.74, 6) is -0.0674. The van der Waals surface area contributed by atoms with Gasteiger partial charge in [-0.1, -0.05) is 22.9 Å². The summed E-state index contributed by atoms with van der Waals surface area (Å²) in [5, 5.41) is 0.326. The molecule has 0 unspecified atom stereocenters. The average Bonchev–Trinajstić information content (AvgIpc) is 2.85. The van der Waals surface area contributed by atoms with E-state index in [0.29, 0.717) is 16.5 Å². The van der Waals surface area contributed by atoms with Crippen LogP contribution in [0.2, 0.25) is 0 Å². The maximum atomic E-state index is 12.7. The van der Waals surface area contributed by atoms with Crippen LogP contribution in [0.3, 0.4) is 0 Å². The lowest BCUT2D eigenvalue weighted by atomic mass is 9.88. The highest BCUT2D eigenvalue weighted by Gasteiger charge is 2.28. The third kappa shape index (κ3) is 3.61. The van der Waals surface area contributed by atoms with Crippen LogP contribution in [0, 0.1) is 12.8 Å². The molecule has 0 radical (unpaired) electrons. The van der Waals surface area contributed by atoms with Gasteiger partial charge in [-0.25, -0.2) is 8.42 Å². The number of anilines is 1. The molecule has 0 saturated heterocycles. The van der Waals surface area contributed by atoms with Gasteiger partial charge in [0.05, 0.1) is 10.5 Å². The largest absolute Gasteiger partial charge is 0.365 e. The number of nitrogens with two attached hydrogens (primary N) is 1. The second kappa shape index (κ2) is 6.74. The van der Waals surface area contributed by atoms with Crippen LogP contribution in [0.4, 0.5) is 5.00 Å². The first-order valence-corrected chi connectivity index (χ1v) is 11.0. The number of aryl methyl sites for hydroxylation is 1. The van der Waals surface area contributed by atoms with E-state index in [-0.39, 0.29) is 4.90 Å². The van der Waals surface area contributed by atoms with E-state index in [0.717, 1.165) is 39.7 Å². The van der Waals surface area contributed by atoms with Gasteiger partial charge in [-0.05, 0) is 61.4 Å². The van der Waals surface area contributed by atoms with Gasteiger partial charge >= 0.3 is 0 Å². The van der Waals surface area contributed by atoms with Gasteiger partial charge < -0.3 is 5.73 Å². The summed E-state index contributed by atoms with van der Waals surface area (Å²) in [4.78, 5) is 13.2. The van der Waals surface area contributed by atoms with Gasteiger partial charge in [0.2, 0.25) is 0 Å². The van der Waals surface area contributed by atoms with E-state index in [2.05, 4.69) is 27.6 Å². The standard InChI is InChI=1S/C17H19BrN2O3S2/c1-9-3-5-12-14(7-9)24-17(15(12)16(19)21)20-25(22,23)11-4-6-13(18)10(2)8-11/h4,6,8-9,20H,3,5,7H2,1-2H3,(H2,19,21)/t9-/m0/s1. The van der Waals surface area contributed by atoms with Crippen molar-refractivity contribution >= 4 is 48.2 Å². The number of hydrogen-bond acceptors (Lipinski definition) is 4. The van der Waals surface area contributed by atoms with Gasteiger partial charge in [0.15, 0.2) is 0 Å². The lowest BCUT2D eigenvalue weighted by Gasteiger charge is -2.18. The molecule has 8 heteroatoms. The van der Waals surface area contributed by atoms with Crippen LogP contribution in [-0.4, -0.2) is 14.3 Å². The highest BCUT2D eigenvalue weighted by Crippen LogP contribution is 2.40. The van der Waals surface area contributed by atoms with Gasteiger partial charge in [0.1, 0.15) is 5.00 Å². The van der Waals surface area contributed by atoms with Crippen LogP contribution in [0.25, 0.3) is 0 Å². The van der Waals surface area contributed by atoms with Crippen molar-refractivity contribution in [3.63, 3.8) is 0 Å². The van der Waals surface area contributed by atoms with Crippen LogP contribution in [0.5, 0.6) is 0 Å². The molecule has 25 heavy (non-hydrogen) atoms. The van der Waals surface area contributed by atoms with E-state index >= 15 is 0 Å². The summed E-state index contributed by atoms with van der Waals surface area (Å²) in [6.45, 7) is 3.98. The van der Waals surface area contributed by atoms with Crippen molar-refractivity contribution in [1.29, 1.82) is 0 Å². The molecule has 5 nitrogen and oxygen atoms in total. The molecule has 134 valence electrons. The van der Waals surface area contributed by atoms with Gasteiger partial charge in [-0.15, -0.1) is 11.3 Å². The Bertz CT molecular complexity index is 951. The minimum atomic E-state index is -3.79. The molecule has 1 amide bonds. The van der Waals surface area contributed by atoms with E-state index in [1.165, 1.54) is 17.4 Å². The number of thiophene rings is 1. The Labute approximate surface area is 159 Å².